The van der Waals surface area contributed by atoms with Crippen LogP contribution in [0.5, 0.6) is 0 Å². The van der Waals surface area contributed by atoms with Gasteiger partial charge in [0.25, 0.3) is 11.8 Å². The van der Waals surface area contributed by atoms with Gasteiger partial charge < -0.3 is 5.32 Å². The van der Waals surface area contributed by atoms with Crippen LogP contribution in [0, 0.1) is 0 Å². The van der Waals surface area contributed by atoms with Crippen LogP contribution in [0.25, 0.3) is 0 Å². The number of nitrogens with zero attached hydrogens (tertiary/aromatic N) is 1. The van der Waals surface area contributed by atoms with Crippen molar-refractivity contribution in [3.63, 3.8) is 0 Å². The molecule has 0 aromatic rings. The molecule has 1 aliphatic carbocycles. The van der Waals surface area contributed by atoms with Crippen LogP contribution >= 0.6 is 0 Å². The molecule has 1 N–H and O–H groups in total. The highest BCUT2D eigenvalue weighted by molar-refractivity contribution is 6.13. The maximum absolute atomic E-state index is 11.4. The quantitative estimate of drug-likeness (QED) is 0.538. The lowest BCUT2D eigenvalue weighted by atomic mass is 9.90. The van der Waals surface area contributed by atoms with Crippen molar-refractivity contribution in [1.29, 1.82) is 0 Å². The number of rotatable bonds is 3. The van der Waals surface area contributed by atoms with Crippen molar-refractivity contribution < 1.29 is 14.4 Å². The van der Waals surface area contributed by atoms with Crippen molar-refractivity contribution in [2.24, 2.45) is 0 Å². The first-order valence-corrected chi connectivity index (χ1v) is 5.47. The third kappa shape index (κ3) is 1.98. The van der Waals surface area contributed by atoms with Crippen molar-refractivity contribution in [3.8, 4) is 0 Å². The van der Waals surface area contributed by atoms with E-state index in [1.807, 2.05) is 0 Å². The molecule has 16 heavy (non-hydrogen) atoms. The van der Waals surface area contributed by atoms with Gasteiger partial charge in [0.1, 0.15) is 0 Å². The van der Waals surface area contributed by atoms with E-state index in [2.05, 4.69) is 5.32 Å². The Balaban J connectivity index is 1.92. The highest BCUT2D eigenvalue weighted by Crippen LogP contribution is 2.25. The maximum atomic E-state index is 11.4. The molecule has 5 heteroatoms. The van der Waals surface area contributed by atoms with Crippen LogP contribution < -0.4 is 5.32 Å². The Morgan fingerprint density at radius 2 is 1.69 bits per heavy atom. The molecule has 0 unspecified atom stereocenters. The van der Waals surface area contributed by atoms with E-state index in [0.717, 1.165) is 25.7 Å². The largest absolute Gasteiger partial charge is 0.356 e. The summed E-state index contributed by atoms with van der Waals surface area (Å²) in [6.45, 7) is 0. The van der Waals surface area contributed by atoms with Crippen LogP contribution in [0.3, 0.4) is 0 Å². The molecule has 1 fully saturated rings. The topological polar surface area (TPSA) is 66.5 Å². The summed E-state index contributed by atoms with van der Waals surface area (Å²) in [5, 5.41) is 2.73. The lowest BCUT2D eigenvalue weighted by Gasteiger charge is -2.33. The van der Waals surface area contributed by atoms with Crippen LogP contribution in [0.15, 0.2) is 12.2 Å². The van der Waals surface area contributed by atoms with E-state index in [1.54, 1.807) is 0 Å². The number of hydrogen-bond acceptors (Lipinski definition) is 3. The number of amides is 3. The molecule has 2 rings (SSSR count). The highest BCUT2D eigenvalue weighted by atomic mass is 16.2. The standard InChI is InChI=1S/C11H14N2O3/c14-7-12-8-1-3-9(4-2-8)13-10(15)5-6-11(13)16/h5-9H,1-4H2,(H,12,14). The number of carbonyl (C=O) groups excluding carboxylic acids is 3. The first kappa shape index (κ1) is 10.9. The lowest BCUT2D eigenvalue weighted by molar-refractivity contribution is -0.140. The minimum Gasteiger partial charge on any atom is -0.356 e. The molecular formula is C11H14N2O3. The fourth-order valence-corrected chi connectivity index (χ4v) is 2.37. The van der Waals surface area contributed by atoms with E-state index < -0.39 is 0 Å². The highest BCUT2D eigenvalue weighted by Gasteiger charge is 2.33. The van der Waals surface area contributed by atoms with Crippen molar-refractivity contribution in [1.82, 2.24) is 10.2 Å². The van der Waals surface area contributed by atoms with Gasteiger partial charge in [0.15, 0.2) is 0 Å². The van der Waals surface area contributed by atoms with E-state index in [9.17, 15) is 14.4 Å². The summed E-state index contributed by atoms with van der Waals surface area (Å²) < 4.78 is 0. The van der Waals surface area contributed by atoms with Gasteiger partial charge in [-0.2, -0.15) is 0 Å². The predicted molar refractivity (Wildman–Crippen MR) is 56.2 cm³/mol. The first-order chi connectivity index (χ1) is 7.72. The van der Waals surface area contributed by atoms with Gasteiger partial charge >= 0.3 is 0 Å². The van der Waals surface area contributed by atoms with E-state index in [0.29, 0.717) is 6.41 Å². The minimum absolute atomic E-state index is 0.000276. The SMILES string of the molecule is O=CNC1CCC(N2C(=O)C=CC2=O)CC1. The molecule has 3 amide bonds. The zero-order chi connectivity index (χ0) is 11.5. The zero-order valence-corrected chi connectivity index (χ0v) is 8.89. The van der Waals surface area contributed by atoms with Crippen LogP contribution in [-0.4, -0.2) is 35.2 Å². The van der Waals surface area contributed by atoms with Crippen molar-refractivity contribution >= 4 is 18.2 Å². The second-order valence-corrected chi connectivity index (χ2v) is 4.17. The lowest BCUT2D eigenvalue weighted by Crippen LogP contribution is -2.44. The second-order valence-electron chi connectivity index (χ2n) is 4.17. The number of nitrogens with one attached hydrogen (secondary N) is 1. The third-order valence-corrected chi connectivity index (χ3v) is 3.21. The molecular weight excluding hydrogens is 208 g/mol. The molecule has 0 aromatic heterocycles. The summed E-state index contributed by atoms with van der Waals surface area (Å²) in [5.41, 5.74) is 0. The number of carbonyl (C=O) groups is 3. The fraction of sp³-hybridized carbons (Fsp3) is 0.545. The Kier molecular flexibility index (Phi) is 3.03. The van der Waals surface area contributed by atoms with E-state index in [-0.39, 0.29) is 23.9 Å². The number of imide groups is 1. The Morgan fingerprint density at radius 3 is 2.19 bits per heavy atom. The minimum atomic E-state index is -0.211. The molecule has 0 bridgehead atoms. The van der Waals surface area contributed by atoms with Gasteiger partial charge in [-0.3, -0.25) is 19.3 Å². The van der Waals surface area contributed by atoms with Gasteiger partial charge in [-0.25, -0.2) is 0 Å². The Hall–Kier alpha value is -1.65. The molecule has 1 heterocycles. The van der Waals surface area contributed by atoms with Crippen LogP contribution in [0.1, 0.15) is 25.7 Å². The summed E-state index contributed by atoms with van der Waals surface area (Å²) in [6.07, 6.45) is 6.52. The smallest absolute Gasteiger partial charge is 0.253 e. The molecule has 86 valence electrons. The molecule has 0 atom stereocenters. The van der Waals surface area contributed by atoms with Crippen molar-refractivity contribution in [2.45, 2.75) is 37.8 Å². The molecule has 0 saturated heterocycles. The molecule has 1 aliphatic heterocycles. The molecule has 1 saturated carbocycles. The summed E-state index contributed by atoms with van der Waals surface area (Å²) in [6, 6.07) is 0.189. The third-order valence-electron chi connectivity index (χ3n) is 3.21. The van der Waals surface area contributed by atoms with Gasteiger partial charge in [0.2, 0.25) is 6.41 Å². The molecule has 0 aromatic carbocycles. The van der Waals surface area contributed by atoms with E-state index >= 15 is 0 Å². The van der Waals surface area contributed by atoms with Crippen LogP contribution in [0.2, 0.25) is 0 Å². The van der Waals surface area contributed by atoms with Gasteiger partial charge in [-0.05, 0) is 25.7 Å². The molecule has 2 aliphatic rings. The normalized spacial score (nSPS) is 29.6. The average Bonchev–Trinajstić information content (AvgIpc) is 2.61. The monoisotopic (exact) mass is 222 g/mol. The van der Waals surface area contributed by atoms with Crippen LogP contribution in [0.4, 0.5) is 0 Å². The van der Waals surface area contributed by atoms with E-state index in [1.165, 1.54) is 17.1 Å². The summed E-state index contributed by atoms with van der Waals surface area (Å²) in [5.74, 6) is -0.423. The summed E-state index contributed by atoms with van der Waals surface area (Å²) in [7, 11) is 0. The van der Waals surface area contributed by atoms with Crippen molar-refractivity contribution in [3.05, 3.63) is 12.2 Å². The zero-order valence-electron chi connectivity index (χ0n) is 8.89. The van der Waals surface area contributed by atoms with Gasteiger partial charge in [0, 0.05) is 24.2 Å². The van der Waals surface area contributed by atoms with Gasteiger partial charge in [0.05, 0.1) is 0 Å². The summed E-state index contributed by atoms with van der Waals surface area (Å²) >= 11 is 0. The predicted octanol–water partition coefficient (Wildman–Crippen LogP) is -0.0314. The Morgan fingerprint density at radius 1 is 1.12 bits per heavy atom. The molecule has 0 radical (unpaired) electrons. The Bertz CT molecular complexity index is 325. The van der Waals surface area contributed by atoms with Gasteiger partial charge in [-0.1, -0.05) is 0 Å². The average molecular weight is 222 g/mol. The number of hydrogen-bond donors (Lipinski definition) is 1. The fourth-order valence-electron chi connectivity index (χ4n) is 2.37. The Labute approximate surface area is 93.5 Å². The van der Waals surface area contributed by atoms with E-state index in [4.69, 9.17) is 0 Å². The maximum Gasteiger partial charge on any atom is 0.253 e. The summed E-state index contributed by atoms with van der Waals surface area (Å²) in [4.78, 5) is 34.5. The van der Waals surface area contributed by atoms with Crippen molar-refractivity contribution in [2.75, 3.05) is 0 Å². The second kappa shape index (κ2) is 4.47. The van der Waals surface area contributed by atoms with Gasteiger partial charge in [-0.15, -0.1) is 0 Å². The first-order valence-electron chi connectivity index (χ1n) is 5.47. The molecule has 5 nitrogen and oxygen atoms in total. The molecule has 0 spiro atoms. The van der Waals surface area contributed by atoms with Crippen LogP contribution in [-0.2, 0) is 14.4 Å².